The van der Waals surface area contributed by atoms with Crippen LogP contribution in [-0.2, 0) is 9.53 Å². The Hall–Kier alpha value is -2.25. The summed E-state index contributed by atoms with van der Waals surface area (Å²) in [6.07, 6.45) is 0. The normalized spacial score (nSPS) is 13.5. The zero-order valence-electron chi connectivity index (χ0n) is 11.9. The highest BCUT2D eigenvalue weighted by atomic mass is 16.5. The molecule has 3 amide bonds. The number of anilines is 1. The topological polar surface area (TPSA) is 87.7 Å². The molecule has 0 saturated carbocycles. The van der Waals surface area contributed by atoms with E-state index in [4.69, 9.17) is 4.74 Å². The molecule has 7 nitrogen and oxygen atoms in total. The molecule has 0 atom stereocenters. The van der Waals surface area contributed by atoms with Crippen LogP contribution < -0.4 is 10.6 Å². The molecule has 0 fully saturated rings. The number of carbonyl (C=O) groups excluding carboxylic acids is 3. The molecular formula is C14H17N3O4. The smallest absolute Gasteiger partial charge is 0.261 e. The predicted octanol–water partition coefficient (Wildman–Crippen LogP) is 0.0869. The Morgan fingerprint density at radius 2 is 1.95 bits per heavy atom. The minimum Gasteiger partial charge on any atom is -0.383 e. The largest absolute Gasteiger partial charge is 0.383 e. The first-order chi connectivity index (χ1) is 10.0. The number of hydrogen-bond acceptors (Lipinski definition) is 5. The number of carbonyl (C=O) groups is 3. The van der Waals surface area contributed by atoms with Gasteiger partial charge in [-0.05, 0) is 18.2 Å². The molecule has 1 heterocycles. The summed E-state index contributed by atoms with van der Waals surface area (Å²) >= 11 is 0. The van der Waals surface area contributed by atoms with Crippen LogP contribution in [0.25, 0.3) is 0 Å². The van der Waals surface area contributed by atoms with Gasteiger partial charge in [0.2, 0.25) is 5.91 Å². The molecule has 1 aliphatic rings. The van der Waals surface area contributed by atoms with Crippen molar-refractivity contribution in [2.75, 3.05) is 39.2 Å². The Kier molecular flexibility index (Phi) is 4.66. The summed E-state index contributed by atoms with van der Waals surface area (Å²) in [5, 5.41) is 5.59. The van der Waals surface area contributed by atoms with Crippen LogP contribution in [0.5, 0.6) is 0 Å². The highest BCUT2D eigenvalue weighted by Crippen LogP contribution is 2.24. The number of amides is 3. The fourth-order valence-electron chi connectivity index (χ4n) is 2.02. The van der Waals surface area contributed by atoms with Crippen LogP contribution >= 0.6 is 0 Å². The molecule has 0 bridgehead atoms. The first-order valence-electron chi connectivity index (χ1n) is 6.50. The molecule has 1 aromatic rings. The highest BCUT2D eigenvalue weighted by Gasteiger charge is 2.32. The Morgan fingerprint density at radius 3 is 2.67 bits per heavy atom. The van der Waals surface area contributed by atoms with Crippen molar-refractivity contribution in [3.05, 3.63) is 29.3 Å². The van der Waals surface area contributed by atoms with E-state index in [0.29, 0.717) is 30.0 Å². The number of benzene rings is 1. The first kappa shape index (κ1) is 15.1. The summed E-state index contributed by atoms with van der Waals surface area (Å²) in [5.41, 5.74) is 1.16. The zero-order valence-corrected chi connectivity index (χ0v) is 11.9. The van der Waals surface area contributed by atoms with E-state index in [1.807, 2.05) is 0 Å². The number of imide groups is 1. The van der Waals surface area contributed by atoms with Crippen molar-refractivity contribution in [3.8, 4) is 0 Å². The molecule has 0 spiro atoms. The van der Waals surface area contributed by atoms with Crippen LogP contribution in [0, 0.1) is 0 Å². The molecule has 2 N–H and O–H groups in total. The van der Waals surface area contributed by atoms with Crippen LogP contribution in [0.3, 0.4) is 0 Å². The quantitative estimate of drug-likeness (QED) is 0.573. The Balaban J connectivity index is 1.99. The molecule has 2 rings (SSSR count). The number of rotatable bonds is 6. The average molecular weight is 291 g/mol. The number of nitrogens with zero attached hydrogens (tertiary/aromatic N) is 1. The van der Waals surface area contributed by atoms with Gasteiger partial charge < -0.3 is 15.4 Å². The van der Waals surface area contributed by atoms with E-state index in [2.05, 4.69) is 10.6 Å². The standard InChI is InChI=1S/C14H17N3O4/c1-17-13(19)10-4-3-9(7-11(10)14(17)20)16-12(18)8-15-5-6-21-2/h3-4,7,15H,5-6,8H2,1-2H3,(H,16,18). The van der Waals surface area contributed by atoms with Gasteiger partial charge in [0, 0.05) is 26.4 Å². The molecule has 1 aliphatic heterocycles. The third-order valence-electron chi connectivity index (χ3n) is 3.14. The average Bonchev–Trinajstić information content (AvgIpc) is 2.68. The molecule has 21 heavy (non-hydrogen) atoms. The van der Waals surface area contributed by atoms with Gasteiger partial charge in [0.25, 0.3) is 11.8 Å². The van der Waals surface area contributed by atoms with Crippen LogP contribution in [0.2, 0.25) is 0 Å². The van der Waals surface area contributed by atoms with Crippen molar-refractivity contribution in [1.82, 2.24) is 10.2 Å². The van der Waals surface area contributed by atoms with Crippen molar-refractivity contribution in [1.29, 1.82) is 0 Å². The van der Waals surface area contributed by atoms with E-state index >= 15 is 0 Å². The summed E-state index contributed by atoms with van der Waals surface area (Å²) in [5.74, 6) is -0.908. The second-order valence-corrected chi connectivity index (χ2v) is 4.65. The molecule has 0 unspecified atom stereocenters. The summed E-state index contributed by atoms with van der Waals surface area (Å²) in [7, 11) is 3.02. The maximum atomic E-state index is 11.9. The molecular weight excluding hydrogens is 274 g/mol. The van der Waals surface area contributed by atoms with E-state index in [0.717, 1.165) is 4.90 Å². The Morgan fingerprint density at radius 1 is 1.24 bits per heavy atom. The van der Waals surface area contributed by atoms with E-state index in [1.165, 1.54) is 13.1 Å². The van der Waals surface area contributed by atoms with Gasteiger partial charge in [-0.3, -0.25) is 19.3 Å². The van der Waals surface area contributed by atoms with E-state index < -0.39 is 0 Å². The van der Waals surface area contributed by atoms with E-state index in [1.54, 1.807) is 19.2 Å². The second-order valence-electron chi connectivity index (χ2n) is 4.65. The van der Waals surface area contributed by atoms with Gasteiger partial charge in [0.15, 0.2) is 0 Å². The van der Waals surface area contributed by atoms with E-state index in [9.17, 15) is 14.4 Å². The van der Waals surface area contributed by atoms with Gasteiger partial charge in [-0.1, -0.05) is 0 Å². The van der Waals surface area contributed by atoms with Crippen molar-refractivity contribution in [2.24, 2.45) is 0 Å². The second kappa shape index (κ2) is 6.47. The molecule has 0 radical (unpaired) electrons. The fraction of sp³-hybridized carbons (Fsp3) is 0.357. The van der Waals surface area contributed by atoms with Gasteiger partial charge in [-0.2, -0.15) is 0 Å². The Labute approximate surface area is 122 Å². The molecule has 0 aliphatic carbocycles. The van der Waals surface area contributed by atoms with Crippen molar-refractivity contribution in [3.63, 3.8) is 0 Å². The van der Waals surface area contributed by atoms with Crippen molar-refractivity contribution >= 4 is 23.4 Å². The minimum absolute atomic E-state index is 0.146. The van der Waals surface area contributed by atoms with Crippen LogP contribution in [0.4, 0.5) is 5.69 Å². The Bertz CT molecular complexity index is 586. The molecule has 1 aromatic carbocycles. The maximum Gasteiger partial charge on any atom is 0.261 e. The number of hydrogen-bond donors (Lipinski definition) is 2. The number of fused-ring (bicyclic) bond motifs is 1. The lowest BCUT2D eigenvalue weighted by molar-refractivity contribution is -0.115. The first-order valence-corrected chi connectivity index (χ1v) is 6.50. The molecule has 0 saturated heterocycles. The lowest BCUT2D eigenvalue weighted by atomic mass is 10.1. The summed E-state index contributed by atoms with van der Waals surface area (Å²) in [6.45, 7) is 1.24. The van der Waals surface area contributed by atoms with Crippen molar-refractivity contribution < 1.29 is 19.1 Å². The monoisotopic (exact) mass is 291 g/mol. The fourth-order valence-corrected chi connectivity index (χ4v) is 2.02. The molecule has 0 aromatic heterocycles. The van der Waals surface area contributed by atoms with Crippen molar-refractivity contribution in [2.45, 2.75) is 0 Å². The third kappa shape index (κ3) is 3.26. The van der Waals surface area contributed by atoms with Crippen LogP contribution in [0.1, 0.15) is 20.7 Å². The van der Waals surface area contributed by atoms with Crippen LogP contribution in [0.15, 0.2) is 18.2 Å². The summed E-state index contributed by atoms with van der Waals surface area (Å²) < 4.78 is 4.86. The third-order valence-corrected chi connectivity index (χ3v) is 3.14. The number of ether oxygens (including phenoxy) is 1. The molecule has 112 valence electrons. The SMILES string of the molecule is COCCNCC(=O)Nc1ccc2c(c1)C(=O)N(C)C2=O. The van der Waals surface area contributed by atoms with Gasteiger partial charge in [-0.25, -0.2) is 0 Å². The molecule has 7 heteroatoms. The zero-order chi connectivity index (χ0) is 15.4. The number of nitrogens with one attached hydrogen (secondary N) is 2. The van der Waals surface area contributed by atoms with Gasteiger partial charge in [-0.15, -0.1) is 0 Å². The number of methoxy groups -OCH3 is 1. The summed E-state index contributed by atoms with van der Waals surface area (Å²) in [6, 6.07) is 4.68. The van der Waals surface area contributed by atoms with E-state index in [-0.39, 0.29) is 24.3 Å². The minimum atomic E-state index is -0.357. The lowest BCUT2D eigenvalue weighted by Crippen LogP contribution is -2.30. The predicted molar refractivity (Wildman–Crippen MR) is 76.2 cm³/mol. The van der Waals surface area contributed by atoms with Gasteiger partial charge in [0.1, 0.15) is 0 Å². The summed E-state index contributed by atoms with van der Waals surface area (Å²) in [4.78, 5) is 36.4. The maximum absolute atomic E-state index is 11.9. The highest BCUT2D eigenvalue weighted by molar-refractivity contribution is 6.21. The van der Waals surface area contributed by atoms with Crippen LogP contribution in [-0.4, -0.2) is 56.5 Å². The van der Waals surface area contributed by atoms with Gasteiger partial charge in [0.05, 0.1) is 24.3 Å². The lowest BCUT2D eigenvalue weighted by Gasteiger charge is -2.07. The van der Waals surface area contributed by atoms with Gasteiger partial charge >= 0.3 is 0 Å².